The number of fused-ring (bicyclic) bond motifs is 1. The Morgan fingerprint density at radius 1 is 1.31 bits per heavy atom. The smallest absolute Gasteiger partial charge is 0.262 e. The average molecular weight is 376 g/mol. The van der Waals surface area contributed by atoms with Crippen LogP contribution in [0.3, 0.4) is 0 Å². The predicted octanol–water partition coefficient (Wildman–Crippen LogP) is 4.39. The second-order valence-electron chi connectivity index (χ2n) is 6.27. The molecule has 1 amide bonds. The molecular weight excluding hydrogens is 354 g/mol. The lowest BCUT2D eigenvalue weighted by Gasteiger charge is -2.14. The van der Waals surface area contributed by atoms with E-state index in [0.717, 1.165) is 23.3 Å². The van der Waals surface area contributed by atoms with Gasteiger partial charge < -0.3 is 19.5 Å². The van der Waals surface area contributed by atoms with Crippen molar-refractivity contribution < 1.29 is 19.0 Å². The summed E-state index contributed by atoms with van der Waals surface area (Å²) in [4.78, 5) is 12.3. The van der Waals surface area contributed by atoms with E-state index in [1.807, 2.05) is 32.9 Å². The van der Waals surface area contributed by atoms with E-state index >= 15 is 0 Å². The van der Waals surface area contributed by atoms with Crippen molar-refractivity contribution >= 4 is 23.2 Å². The van der Waals surface area contributed by atoms with Crippen LogP contribution in [0.4, 0.5) is 5.69 Å². The first-order valence-corrected chi connectivity index (χ1v) is 8.99. The first kappa shape index (κ1) is 18.4. The molecule has 2 aromatic rings. The molecule has 0 aliphatic carbocycles. The second kappa shape index (κ2) is 7.87. The van der Waals surface area contributed by atoms with Gasteiger partial charge in [-0.1, -0.05) is 11.6 Å². The lowest BCUT2D eigenvalue weighted by Crippen LogP contribution is -2.20. The summed E-state index contributed by atoms with van der Waals surface area (Å²) < 4.78 is 17.0. The van der Waals surface area contributed by atoms with Gasteiger partial charge in [0.1, 0.15) is 23.4 Å². The van der Waals surface area contributed by atoms with Crippen molar-refractivity contribution in [2.24, 2.45) is 0 Å². The molecule has 138 valence electrons. The van der Waals surface area contributed by atoms with Gasteiger partial charge in [-0.25, -0.2) is 0 Å². The Hall–Kier alpha value is -2.40. The molecule has 0 bridgehead atoms. The number of nitrogens with one attached hydrogen (secondary N) is 1. The summed E-state index contributed by atoms with van der Waals surface area (Å²) in [5.41, 5.74) is 2.57. The van der Waals surface area contributed by atoms with Gasteiger partial charge in [-0.2, -0.15) is 0 Å². The Labute approximate surface area is 158 Å². The molecule has 5 nitrogen and oxygen atoms in total. The molecule has 26 heavy (non-hydrogen) atoms. The van der Waals surface area contributed by atoms with E-state index in [1.165, 1.54) is 0 Å². The molecule has 1 heterocycles. The molecule has 0 saturated carbocycles. The van der Waals surface area contributed by atoms with E-state index in [4.69, 9.17) is 25.8 Å². The van der Waals surface area contributed by atoms with Gasteiger partial charge >= 0.3 is 0 Å². The van der Waals surface area contributed by atoms with Crippen LogP contribution in [0, 0.1) is 6.92 Å². The molecule has 1 N–H and O–H groups in total. The van der Waals surface area contributed by atoms with E-state index in [0.29, 0.717) is 28.8 Å². The third kappa shape index (κ3) is 4.22. The summed E-state index contributed by atoms with van der Waals surface area (Å²) in [7, 11) is 0. The van der Waals surface area contributed by atoms with Crippen LogP contribution in [0.1, 0.15) is 25.0 Å². The number of carbonyl (C=O) groups excluding carboxylic acids is 1. The van der Waals surface area contributed by atoms with Gasteiger partial charge in [0.15, 0.2) is 6.61 Å². The van der Waals surface area contributed by atoms with E-state index in [9.17, 15) is 4.79 Å². The largest absolute Gasteiger partial charge is 0.492 e. The van der Waals surface area contributed by atoms with E-state index in [-0.39, 0.29) is 18.6 Å². The molecule has 0 unspecified atom stereocenters. The molecule has 2 aromatic carbocycles. The maximum absolute atomic E-state index is 12.3. The number of hydrogen-bond acceptors (Lipinski definition) is 4. The molecule has 0 radical (unpaired) electrons. The minimum Gasteiger partial charge on any atom is -0.492 e. The minimum absolute atomic E-state index is 0.110. The Bertz CT molecular complexity index is 822. The molecule has 1 atom stereocenters. The van der Waals surface area contributed by atoms with Gasteiger partial charge in [0, 0.05) is 23.1 Å². The Morgan fingerprint density at radius 3 is 2.85 bits per heavy atom. The molecule has 1 aliphatic heterocycles. The van der Waals surface area contributed by atoms with Crippen molar-refractivity contribution in [3.05, 3.63) is 46.5 Å². The number of halogens is 1. The highest BCUT2D eigenvalue weighted by Crippen LogP contribution is 2.38. The number of carbonyl (C=O) groups is 1. The maximum atomic E-state index is 12.3. The quantitative estimate of drug-likeness (QED) is 0.813. The van der Waals surface area contributed by atoms with Crippen molar-refractivity contribution in [1.29, 1.82) is 0 Å². The van der Waals surface area contributed by atoms with Crippen molar-refractivity contribution in [3.8, 4) is 17.2 Å². The van der Waals surface area contributed by atoms with Crippen LogP contribution in [0.2, 0.25) is 5.02 Å². The van der Waals surface area contributed by atoms with Gasteiger partial charge in [-0.05, 0) is 50.6 Å². The topological polar surface area (TPSA) is 56.8 Å². The van der Waals surface area contributed by atoms with Gasteiger partial charge in [0.05, 0.1) is 12.3 Å². The van der Waals surface area contributed by atoms with Crippen molar-refractivity contribution in [2.75, 3.05) is 18.5 Å². The Kier molecular flexibility index (Phi) is 5.57. The second-order valence-corrected chi connectivity index (χ2v) is 6.68. The SMILES string of the molecule is CCOc1cc2c(cc1NC(=O)COc1ccc(Cl)c(C)c1)O[C@H](C)C2. The van der Waals surface area contributed by atoms with Crippen molar-refractivity contribution in [3.63, 3.8) is 0 Å². The fourth-order valence-corrected chi connectivity index (χ4v) is 2.97. The highest BCUT2D eigenvalue weighted by molar-refractivity contribution is 6.31. The zero-order chi connectivity index (χ0) is 18.7. The lowest BCUT2D eigenvalue weighted by atomic mass is 10.1. The van der Waals surface area contributed by atoms with Crippen LogP contribution in [-0.2, 0) is 11.2 Å². The van der Waals surface area contributed by atoms with Crippen LogP contribution < -0.4 is 19.5 Å². The summed E-state index contributed by atoms with van der Waals surface area (Å²) in [6.45, 7) is 6.21. The number of benzene rings is 2. The zero-order valence-electron chi connectivity index (χ0n) is 15.1. The van der Waals surface area contributed by atoms with Crippen LogP contribution in [0.5, 0.6) is 17.2 Å². The third-order valence-electron chi connectivity index (χ3n) is 4.07. The summed E-state index contributed by atoms with van der Waals surface area (Å²) in [6.07, 6.45) is 0.963. The number of hydrogen-bond donors (Lipinski definition) is 1. The minimum atomic E-state index is -0.274. The average Bonchev–Trinajstić information content (AvgIpc) is 2.95. The Balaban J connectivity index is 1.68. The molecule has 3 rings (SSSR count). The summed E-state index contributed by atoms with van der Waals surface area (Å²) >= 11 is 5.99. The van der Waals surface area contributed by atoms with E-state index in [2.05, 4.69) is 5.32 Å². The van der Waals surface area contributed by atoms with Crippen LogP contribution in [0.15, 0.2) is 30.3 Å². The monoisotopic (exact) mass is 375 g/mol. The lowest BCUT2D eigenvalue weighted by molar-refractivity contribution is -0.118. The van der Waals surface area contributed by atoms with Gasteiger partial charge in [-0.3, -0.25) is 4.79 Å². The number of aryl methyl sites for hydroxylation is 1. The van der Waals surface area contributed by atoms with E-state index < -0.39 is 0 Å². The molecule has 1 aliphatic rings. The van der Waals surface area contributed by atoms with Gasteiger partial charge in [0.2, 0.25) is 0 Å². The first-order valence-electron chi connectivity index (χ1n) is 8.61. The number of anilines is 1. The fraction of sp³-hybridized carbons (Fsp3) is 0.350. The van der Waals surface area contributed by atoms with Gasteiger partial charge in [0.25, 0.3) is 5.91 Å². The van der Waals surface area contributed by atoms with Gasteiger partial charge in [-0.15, -0.1) is 0 Å². The molecule has 0 fully saturated rings. The number of rotatable bonds is 6. The standard InChI is InChI=1S/C20H22ClNO4/c1-4-24-19-9-14-8-13(3)26-18(14)10-17(19)22-20(23)11-25-15-5-6-16(21)12(2)7-15/h5-7,9-10,13H,4,8,11H2,1-3H3,(H,22,23)/t13-/m1/s1. The summed E-state index contributed by atoms with van der Waals surface area (Å²) in [5.74, 6) is 1.74. The highest BCUT2D eigenvalue weighted by Gasteiger charge is 2.22. The van der Waals surface area contributed by atoms with E-state index in [1.54, 1.807) is 18.2 Å². The Morgan fingerprint density at radius 2 is 2.12 bits per heavy atom. The third-order valence-corrected chi connectivity index (χ3v) is 4.50. The highest BCUT2D eigenvalue weighted by atomic mass is 35.5. The van der Waals surface area contributed by atoms with Crippen molar-refractivity contribution in [2.45, 2.75) is 33.3 Å². The summed E-state index contributed by atoms with van der Waals surface area (Å²) in [6, 6.07) is 9.02. The van der Waals surface area contributed by atoms with Crippen LogP contribution in [0.25, 0.3) is 0 Å². The number of amides is 1. The molecular formula is C20H22ClNO4. The molecule has 0 spiro atoms. The summed E-state index contributed by atoms with van der Waals surface area (Å²) in [5, 5.41) is 3.50. The normalized spacial score (nSPS) is 15.2. The van der Waals surface area contributed by atoms with Crippen molar-refractivity contribution in [1.82, 2.24) is 0 Å². The first-order chi connectivity index (χ1) is 12.5. The predicted molar refractivity (Wildman–Crippen MR) is 102 cm³/mol. The molecule has 0 saturated heterocycles. The maximum Gasteiger partial charge on any atom is 0.262 e. The van der Waals surface area contributed by atoms with Crippen LogP contribution >= 0.6 is 11.6 Å². The zero-order valence-corrected chi connectivity index (χ0v) is 15.9. The number of ether oxygens (including phenoxy) is 3. The molecule has 0 aromatic heterocycles. The fourth-order valence-electron chi connectivity index (χ4n) is 2.85. The van der Waals surface area contributed by atoms with Crippen LogP contribution in [-0.4, -0.2) is 25.2 Å². The molecule has 6 heteroatoms.